The molecule has 1 rings (SSSR count). The molecule has 0 atom stereocenters. The molecule has 17 heavy (non-hydrogen) atoms. The van der Waals surface area contributed by atoms with Crippen molar-refractivity contribution in [3.8, 4) is 5.75 Å². The van der Waals surface area contributed by atoms with Crippen LogP contribution in [-0.2, 0) is 15.1 Å². The van der Waals surface area contributed by atoms with Crippen molar-refractivity contribution in [3.63, 3.8) is 0 Å². The van der Waals surface area contributed by atoms with Crippen LogP contribution in [0.2, 0.25) is 0 Å². The number of ether oxygens (including phenoxy) is 1. The molecule has 0 aliphatic heterocycles. The SMILES string of the molecule is COc1ccc(CCl)cc1[N+](=O)[O-].O=S(Cl)Cl. The Morgan fingerprint density at radius 3 is 2.35 bits per heavy atom. The van der Waals surface area contributed by atoms with Crippen LogP contribution >= 0.6 is 33.0 Å². The molecule has 0 bridgehead atoms. The van der Waals surface area contributed by atoms with Crippen LogP contribution in [0.15, 0.2) is 18.2 Å². The number of nitro groups is 1. The average Bonchev–Trinajstić information content (AvgIpc) is 2.27. The molecule has 96 valence electrons. The number of alkyl halides is 1. The molecule has 0 radical (unpaired) electrons. The van der Waals surface area contributed by atoms with E-state index in [1.807, 2.05) is 0 Å². The van der Waals surface area contributed by atoms with Crippen LogP contribution in [0.5, 0.6) is 5.75 Å². The molecule has 0 N–H and O–H groups in total. The Hall–Kier alpha value is -0.560. The molecule has 0 spiro atoms. The van der Waals surface area contributed by atoms with Crippen molar-refractivity contribution < 1.29 is 13.9 Å². The van der Waals surface area contributed by atoms with Gasteiger partial charge in [0.25, 0.3) is 0 Å². The smallest absolute Gasteiger partial charge is 0.311 e. The highest BCUT2D eigenvalue weighted by atomic mass is 36.0. The summed E-state index contributed by atoms with van der Waals surface area (Å²) in [7, 11) is 8.75. The second kappa shape index (κ2) is 8.52. The van der Waals surface area contributed by atoms with Crippen LogP contribution in [0.4, 0.5) is 5.69 Å². The maximum Gasteiger partial charge on any atom is 0.311 e. The summed E-state index contributed by atoms with van der Waals surface area (Å²) in [4.78, 5) is 10.0. The van der Waals surface area contributed by atoms with Crippen LogP contribution in [0.3, 0.4) is 0 Å². The third kappa shape index (κ3) is 6.68. The average molecular weight is 321 g/mol. The number of halogens is 3. The number of nitro benzene ring substituents is 1. The molecule has 0 aliphatic rings. The first-order valence-electron chi connectivity index (χ1n) is 4.04. The van der Waals surface area contributed by atoms with Crippen LogP contribution in [0.1, 0.15) is 5.56 Å². The van der Waals surface area contributed by atoms with Crippen molar-refractivity contribution in [2.45, 2.75) is 5.88 Å². The highest BCUT2D eigenvalue weighted by Crippen LogP contribution is 2.27. The third-order valence-electron chi connectivity index (χ3n) is 1.59. The van der Waals surface area contributed by atoms with Gasteiger partial charge < -0.3 is 4.74 Å². The predicted molar refractivity (Wildman–Crippen MR) is 69.1 cm³/mol. The number of methoxy groups -OCH3 is 1. The molecule has 0 fully saturated rings. The van der Waals surface area contributed by atoms with Gasteiger partial charge in [-0.15, -0.1) is 11.6 Å². The maximum absolute atomic E-state index is 10.5. The molecule has 5 nitrogen and oxygen atoms in total. The lowest BCUT2D eigenvalue weighted by Crippen LogP contribution is -1.94. The third-order valence-corrected chi connectivity index (χ3v) is 1.90. The van der Waals surface area contributed by atoms with E-state index in [4.69, 9.17) is 20.5 Å². The summed E-state index contributed by atoms with van der Waals surface area (Å²) < 4.78 is 13.9. The molecule has 1 aromatic rings. The number of hydrogen-bond acceptors (Lipinski definition) is 4. The Balaban J connectivity index is 0.000000557. The Kier molecular flexibility index (Phi) is 8.24. The summed E-state index contributed by atoms with van der Waals surface area (Å²) in [6.45, 7) is 0. The molecule has 0 saturated carbocycles. The lowest BCUT2D eigenvalue weighted by atomic mass is 10.2. The van der Waals surface area contributed by atoms with Crippen LogP contribution in [-0.4, -0.2) is 16.2 Å². The van der Waals surface area contributed by atoms with Crippen molar-refractivity contribution in [3.05, 3.63) is 33.9 Å². The summed E-state index contributed by atoms with van der Waals surface area (Å²) in [5.74, 6) is 0.504. The van der Waals surface area contributed by atoms with Crippen LogP contribution in [0, 0.1) is 10.1 Å². The fourth-order valence-corrected chi connectivity index (χ4v) is 1.13. The zero-order chi connectivity index (χ0) is 13.4. The van der Waals surface area contributed by atoms with Gasteiger partial charge in [0.05, 0.1) is 12.0 Å². The Morgan fingerprint density at radius 1 is 1.47 bits per heavy atom. The van der Waals surface area contributed by atoms with Crippen molar-refractivity contribution >= 4 is 47.9 Å². The molecule has 0 saturated heterocycles. The molecule has 0 unspecified atom stereocenters. The topological polar surface area (TPSA) is 69.4 Å². The quantitative estimate of drug-likeness (QED) is 0.370. The number of benzene rings is 1. The fraction of sp³-hybridized carbons (Fsp3) is 0.250. The Morgan fingerprint density at radius 2 is 2.00 bits per heavy atom. The lowest BCUT2D eigenvalue weighted by Gasteiger charge is -2.02. The van der Waals surface area contributed by atoms with E-state index in [0.29, 0.717) is 5.56 Å². The first-order chi connectivity index (χ1) is 7.92. The zero-order valence-corrected chi connectivity index (χ0v) is 11.6. The molecular formula is C8H8Cl3NO4S. The van der Waals surface area contributed by atoms with Crippen molar-refractivity contribution in [1.29, 1.82) is 0 Å². The second-order valence-electron chi connectivity index (χ2n) is 2.58. The van der Waals surface area contributed by atoms with Crippen molar-refractivity contribution in [2.75, 3.05) is 7.11 Å². The van der Waals surface area contributed by atoms with Crippen molar-refractivity contribution in [1.82, 2.24) is 0 Å². The molecule has 0 aliphatic carbocycles. The van der Waals surface area contributed by atoms with Gasteiger partial charge in [-0.25, -0.2) is 4.21 Å². The molecular weight excluding hydrogens is 313 g/mol. The van der Waals surface area contributed by atoms with Gasteiger partial charge in [0.1, 0.15) is 0 Å². The highest BCUT2D eigenvalue weighted by Gasteiger charge is 2.14. The maximum atomic E-state index is 10.5. The van der Waals surface area contributed by atoms with Gasteiger partial charge in [-0.1, -0.05) is 6.07 Å². The second-order valence-corrected chi connectivity index (χ2v) is 5.37. The monoisotopic (exact) mass is 319 g/mol. The van der Waals surface area contributed by atoms with Gasteiger partial charge >= 0.3 is 5.69 Å². The largest absolute Gasteiger partial charge is 0.490 e. The van der Waals surface area contributed by atoms with E-state index in [9.17, 15) is 10.1 Å². The van der Waals surface area contributed by atoms with Gasteiger partial charge in [-0.3, -0.25) is 10.1 Å². The van der Waals surface area contributed by atoms with Gasteiger partial charge in [-0.2, -0.15) is 0 Å². The number of rotatable bonds is 3. The first-order valence-corrected chi connectivity index (χ1v) is 7.37. The summed E-state index contributed by atoms with van der Waals surface area (Å²) in [6.07, 6.45) is 0. The van der Waals surface area contributed by atoms with Crippen LogP contribution in [0.25, 0.3) is 0 Å². The molecule has 9 heteroatoms. The number of hydrogen-bond donors (Lipinski definition) is 0. The summed E-state index contributed by atoms with van der Waals surface area (Å²) in [5, 5.41) is 10.5. The van der Waals surface area contributed by atoms with E-state index in [0.717, 1.165) is 0 Å². The van der Waals surface area contributed by atoms with Gasteiger partial charge in [0, 0.05) is 33.3 Å². The van der Waals surface area contributed by atoms with Crippen LogP contribution < -0.4 is 4.74 Å². The summed E-state index contributed by atoms with van der Waals surface area (Å²) in [5.41, 5.74) is 0.648. The lowest BCUT2D eigenvalue weighted by molar-refractivity contribution is -0.385. The van der Waals surface area contributed by atoms with E-state index in [2.05, 4.69) is 21.4 Å². The van der Waals surface area contributed by atoms with Gasteiger partial charge in [-0.05, 0) is 11.6 Å². The van der Waals surface area contributed by atoms with E-state index in [1.54, 1.807) is 6.07 Å². The normalized spacial score (nSPS) is 9.47. The van der Waals surface area contributed by atoms with Crippen molar-refractivity contribution in [2.24, 2.45) is 0 Å². The van der Waals surface area contributed by atoms with E-state index in [-0.39, 0.29) is 17.3 Å². The van der Waals surface area contributed by atoms with Gasteiger partial charge in [0.15, 0.2) is 5.75 Å². The summed E-state index contributed by atoms with van der Waals surface area (Å²) >= 11 is 5.54. The fourth-order valence-electron chi connectivity index (χ4n) is 0.961. The Bertz CT molecular complexity index is 412. The number of nitrogens with zero attached hydrogens (tertiary/aromatic N) is 1. The highest BCUT2D eigenvalue weighted by molar-refractivity contribution is 8.26. The minimum Gasteiger partial charge on any atom is -0.490 e. The predicted octanol–water partition coefficient (Wildman–Crippen LogP) is 3.38. The standard InChI is InChI=1S/C8H8ClNO3.Cl2OS/c1-13-8-3-2-6(5-9)4-7(8)10(11)12;1-4(2)3/h2-4H,5H2,1H3;. The Labute approximate surface area is 114 Å². The minimum absolute atomic E-state index is 0.0550. The summed E-state index contributed by atoms with van der Waals surface area (Å²) in [6, 6.07) is 4.64. The minimum atomic E-state index is -1.67. The first kappa shape index (κ1) is 16.4. The molecule has 0 aromatic heterocycles. The van der Waals surface area contributed by atoms with E-state index < -0.39 is 14.2 Å². The molecule has 0 amide bonds. The molecule has 0 heterocycles. The van der Waals surface area contributed by atoms with E-state index in [1.165, 1.54) is 19.2 Å². The zero-order valence-electron chi connectivity index (χ0n) is 8.56. The van der Waals surface area contributed by atoms with Gasteiger partial charge in [0.2, 0.25) is 9.23 Å². The van der Waals surface area contributed by atoms with E-state index >= 15 is 0 Å². The molecule has 1 aromatic carbocycles.